The zero-order valence-corrected chi connectivity index (χ0v) is 18.5. The topological polar surface area (TPSA) is 78.4 Å². The van der Waals surface area contributed by atoms with E-state index >= 15 is 0 Å². The van der Waals surface area contributed by atoms with Crippen LogP contribution in [0.3, 0.4) is 0 Å². The van der Waals surface area contributed by atoms with Gasteiger partial charge in [-0.25, -0.2) is 4.98 Å². The molecule has 1 aromatic carbocycles. The van der Waals surface area contributed by atoms with Crippen LogP contribution in [-0.4, -0.2) is 37.0 Å². The summed E-state index contributed by atoms with van der Waals surface area (Å²) in [4.78, 5) is 20.6. The van der Waals surface area contributed by atoms with Gasteiger partial charge in [0.2, 0.25) is 0 Å². The highest BCUT2D eigenvalue weighted by molar-refractivity contribution is 14.0. The Morgan fingerprint density at radius 2 is 2.08 bits per heavy atom. The van der Waals surface area contributed by atoms with Gasteiger partial charge in [-0.3, -0.25) is 9.79 Å². The maximum absolute atomic E-state index is 11.9. The molecule has 0 saturated heterocycles. The van der Waals surface area contributed by atoms with Crippen LogP contribution >= 0.6 is 35.3 Å². The third-order valence-electron chi connectivity index (χ3n) is 3.55. The minimum absolute atomic E-state index is 0. The number of rotatable bonds is 7. The van der Waals surface area contributed by atoms with Gasteiger partial charge >= 0.3 is 0 Å². The number of guanidine groups is 1. The molecule has 26 heavy (non-hydrogen) atoms. The highest BCUT2D eigenvalue weighted by atomic mass is 127. The molecule has 1 heterocycles. The van der Waals surface area contributed by atoms with Crippen molar-refractivity contribution < 1.29 is 4.79 Å². The van der Waals surface area contributed by atoms with Gasteiger partial charge in [0.05, 0.1) is 10.7 Å². The largest absolute Gasteiger partial charge is 0.356 e. The summed E-state index contributed by atoms with van der Waals surface area (Å²) >= 11 is 1.67. The second-order valence-electron chi connectivity index (χ2n) is 5.52. The molecule has 142 valence electrons. The molecule has 0 aliphatic rings. The number of amides is 1. The number of hydrogen-bond donors (Lipinski definition) is 3. The monoisotopic (exact) mass is 487 g/mol. The van der Waals surface area contributed by atoms with Crippen molar-refractivity contribution in [1.29, 1.82) is 0 Å². The van der Waals surface area contributed by atoms with E-state index in [4.69, 9.17) is 0 Å². The smallest absolute Gasteiger partial charge is 0.251 e. The molecule has 0 spiro atoms. The minimum atomic E-state index is -0.0505. The van der Waals surface area contributed by atoms with E-state index in [0.717, 1.165) is 35.2 Å². The molecular weight excluding hydrogens is 461 g/mol. The van der Waals surface area contributed by atoms with Crippen molar-refractivity contribution in [2.75, 3.05) is 20.1 Å². The Balaban J connectivity index is 0.00000338. The molecule has 6 nitrogen and oxygen atoms in total. The van der Waals surface area contributed by atoms with Crippen LogP contribution in [-0.2, 0) is 13.0 Å². The summed E-state index contributed by atoms with van der Waals surface area (Å²) in [6.45, 7) is 5.91. The van der Waals surface area contributed by atoms with Crippen molar-refractivity contribution in [2.24, 2.45) is 4.99 Å². The van der Waals surface area contributed by atoms with Gasteiger partial charge in [0.25, 0.3) is 5.91 Å². The third kappa shape index (κ3) is 7.28. The lowest BCUT2D eigenvalue weighted by Gasteiger charge is -2.12. The molecule has 0 bridgehead atoms. The first kappa shape index (κ1) is 22.4. The molecule has 0 unspecified atom stereocenters. The van der Waals surface area contributed by atoms with Crippen molar-refractivity contribution in [3.63, 3.8) is 0 Å². The summed E-state index contributed by atoms with van der Waals surface area (Å²) in [5.41, 5.74) is 2.80. The number of thiazole rings is 1. The van der Waals surface area contributed by atoms with E-state index in [1.54, 1.807) is 18.4 Å². The maximum atomic E-state index is 11.9. The Bertz CT molecular complexity index is 732. The first-order valence-corrected chi connectivity index (χ1v) is 9.23. The fourth-order valence-corrected chi connectivity index (χ4v) is 2.97. The van der Waals surface area contributed by atoms with E-state index in [1.165, 1.54) is 0 Å². The molecule has 1 aromatic heterocycles. The first-order valence-electron chi connectivity index (χ1n) is 8.35. The van der Waals surface area contributed by atoms with Crippen molar-refractivity contribution >= 4 is 47.2 Å². The van der Waals surface area contributed by atoms with Gasteiger partial charge in [0.1, 0.15) is 0 Å². The highest BCUT2D eigenvalue weighted by Gasteiger charge is 2.05. The Hall–Kier alpha value is -1.68. The summed E-state index contributed by atoms with van der Waals surface area (Å²) in [5, 5.41) is 12.5. The van der Waals surface area contributed by atoms with Crippen LogP contribution in [0.25, 0.3) is 0 Å². The fourth-order valence-electron chi connectivity index (χ4n) is 2.32. The number of carbonyl (C=O) groups is 1. The number of hydrogen-bond acceptors (Lipinski definition) is 4. The molecule has 1 amide bonds. The molecule has 0 atom stereocenters. The zero-order valence-electron chi connectivity index (χ0n) is 15.3. The molecule has 2 aromatic rings. The Morgan fingerprint density at radius 1 is 1.27 bits per heavy atom. The molecule has 0 aliphatic heterocycles. The van der Waals surface area contributed by atoms with Crippen molar-refractivity contribution in [2.45, 2.75) is 26.8 Å². The van der Waals surface area contributed by atoms with Crippen molar-refractivity contribution in [3.8, 4) is 0 Å². The number of aromatic nitrogens is 1. The van der Waals surface area contributed by atoms with E-state index in [1.807, 2.05) is 38.1 Å². The normalized spacial score (nSPS) is 10.8. The lowest BCUT2D eigenvalue weighted by molar-refractivity contribution is 0.0955. The van der Waals surface area contributed by atoms with Crippen molar-refractivity contribution in [3.05, 3.63) is 51.5 Å². The summed E-state index contributed by atoms with van der Waals surface area (Å²) in [5.74, 6) is 0.681. The molecule has 0 radical (unpaired) electrons. The SMILES string of the molecule is CCNC(=O)c1cccc(CNC(=NC)NCCc2csc(C)n2)c1.I. The Kier molecular flexibility index (Phi) is 10.2. The van der Waals surface area contributed by atoms with Crippen LogP contribution in [0.2, 0.25) is 0 Å². The number of nitrogens with zero attached hydrogens (tertiary/aromatic N) is 2. The molecule has 0 aliphatic carbocycles. The number of carbonyl (C=O) groups excluding carboxylic acids is 1. The van der Waals surface area contributed by atoms with Crippen molar-refractivity contribution in [1.82, 2.24) is 20.9 Å². The van der Waals surface area contributed by atoms with Gasteiger partial charge in [0.15, 0.2) is 5.96 Å². The molecule has 0 fully saturated rings. The third-order valence-corrected chi connectivity index (χ3v) is 4.37. The van der Waals surface area contributed by atoms with E-state index < -0.39 is 0 Å². The van der Waals surface area contributed by atoms with Gasteiger partial charge in [0, 0.05) is 44.0 Å². The van der Waals surface area contributed by atoms with Gasteiger partial charge in [-0.15, -0.1) is 35.3 Å². The molecule has 8 heteroatoms. The van der Waals surface area contributed by atoms with Gasteiger partial charge in [-0.1, -0.05) is 12.1 Å². The summed E-state index contributed by atoms with van der Waals surface area (Å²) in [6.07, 6.45) is 0.859. The Morgan fingerprint density at radius 3 is 2.73 bits per heavy atom. The van der Waals surface area contributed by atoms with Crippen LogP contribution < -0.4 is 16.0 Å². The highest BCUT2D eigenvalue weighted by Crippen LogP contribution is 2.08. The quantitative estimate of drug-likeness (QED) is 0.319. The van der Waals surface area contributed by atoms with Crippen LogP contribution in [0.15, 0.2) is 34.6 Å². The number of aryl methyl sites for hydroxylation is 1. The summed E-state index contributed by atoms with van der Waals surface area (Å²) < 4.78 is 0. The van der Waals surface area contributed by atoms with E-state index in [9.17, 15) is 4.79 Å². The van der Waals surface area contributed by atoms with E-state index in [0.29, 0.717) is 18.7 Å². The molecular formula is C18H26IN5OS. The van der Waals surface area contributed by atoms with Gasteiger partial charge in [-0.2, -0.15) is 0 Å². The average Bonchev–Trinajstić information content (AvgIpc) is 3.03. The van der Waals surface area contributed by atoms with Crippen LogP contribution in [0, 0.1) is 6.92 Å². The predicted molar refractivity (Wildman–Crippen MR) is 119 cm³/mol. The van der Waals surface area contributed by atoms with Crippen LogP contribution in [0.4, 0.5) is 0 Å². The summed E-state index contributed by atoms with van der Waals surface area (Å²) in [6, 6.07) is 7.59. The number of aliphatic imine (C=N–C) groups is 1. The van der Waals surface area contributed by atoms with Gasteiger partial charge in [-0.05, 0) is 31.5 Å². The summed E-state index contributed by atoms with van der Waals surface area (Å²) in [7, 11) is 1.74. The van der Waals surface area contributed by atoms with Gasteiger partial charge < -0.3 is 16.0 Å². The molecule has 2 rings (SSSR count). The number of halogens is 1. The average molecular weight is 487 g/mol. The van der Waals surface area contributed by atoms with Crippen LogP contribution in [0.5, 0.6) is 0 Å². The lowest BCUT2D eigenvalue weighted by Crippen LogP contribution is -2.37. The second kappa shape index (κ2) is 11.8. The predicted octanol–water partition coefficient (Wildman–Crippen LogP) is 2.73. The second-order valence-corrected chi connectivity index (χ2v) is 6.58. The standard InChI is InChI=1S/C18H25N5OS.HI/c1-4-20-17(24)15-7-5-6-14(10-15)11-22-18(19-3)21-9-8-16-12-25-13(2)23-16;/h5-7,10,12H,4,8-9,11H2,1-3H3,(H,20,24)(H2,19,21,22);1H. The van der Waals surface area contributed by atoms with E-state index in [-0.39, 0.29) is 29.9 Å². The lowest BCUT2D eigenvalue weighted by atomic mass is 10.1. The fraction of sp³-hybridized carbons (Fsp3) is 0.389. The Labute approximate surface area is 175 Å². The maximum Gasteiger partial charge on any atom is 0.251 e. The zero-order chi connectivity index (χ0) is 18.1. The first-order chi connectivity index (χ1) is 12.1. The van der Waals surface area contributed by atoms with E-state index in [2.05, 4.69) is 31.3 Å². The number of nitrogens with one attached hydrogen (secondary N) is 3. The van der Waals surface area contributed by atoms with Crippen LogP contribution in [0.1, 0.15) is 33.5 Å². The minimum Gasteiger partial charge on any atom is -0.356 e. The number of benzene rings is 1. The molecule has 0 saturated carbocycles. The molecule has 3 N–H and O–H groups in total.